The van der Waals surface area contributed by atoms with Gasteiger partial charge in [-0.1, -0.05) is 23.7 Å². The number of piperidine rings is 2. The van der Waals surface area contributed by atoms with E-state index in [0.29, 0.717) is 23.5 Å². The topological polar surface area (TPSA) is 66.6 Å². The molecule has 1 aliphatic carbocycles. The van der Waals surface area contributed by atoms with Gasteiger partial charge in [-0.2, -0.15) is 0 Å². The number of hydrogen-bond donors (Lipinski definition) is 0. The summed E-state index contributed by atoms with van der Waals surface area (Å²) in [6, 6.07) is 12.0. The van der Waals surface area contributed by atoms with Crippen LogP contribution in [0.15, 0.2) is 55.0 Å². The van der Waals surface area contributed by atoms with Crippen molar-refractivity contribution in [3.63, 3.8) is 0 Å². The van der Waals surface area contributed by atoms with Crippen LogP contribution in [-0.4, -0.2) is 68.0 Å². The summed E-state index contributed by atoms with van der Waals surface area (Å²) in [4.78, 5) is 37.9. The zero-order valence-corrected chi connectivity index (χ0v) is 25.8. The molecule has 2 saturated heterocycles. The summed E-state index contributed by atoms with van der Waals surface area (Å²) < 4.78 is 4.17. The molecule has 4 aliphatic rings. The number of aryl methyl sites for hydroxylation is 1. The minimum atomic E-state index is -0.0726. The van der Waals surface area contributed by atoms with Gasteiger partial charge in [0.1, 0.15) is 6.54 Å². The van der Waals surface area contributed by atoms with Crippen molar-refractivity contribution in [2.24, 2.45) is 12.5 Å². The average Bonchev–Trinajstić information content (AvgIpc) is 3.70. The lowest BCUT2D eigenvalue weighted by Crippen LogP contribution is -2.49. The molecule has 8 rings (SSSR count). The predicted octanol–water partition coefficient (Wildman–Crippen LogP) is 3.93. The monoisotopic (exact) mass is 608 g/mol. The van der Waals surface area contributed by atoms with Crippen LogP contribution < -0.4 is 15.5 Å². The molecule has 0 N–H and O–H groups in total. The number of nitrogens with zero attached hydrogens (tertiary/aromatic N) is 6. The van der Waals surface area contributed by atoms with Crippen molar-refractivity contribution in [3.8, 4) is 0 Å². The second kappa shape index (κ2) is 10.5. The number of hydrogen-bond acceptors (Lipinski definition) is 4. The second-order valence-corrected chi connectivity index (χ2v) is 13.4. The number of halogens is 1. The Balaban J connectivity index is 0.941. The Morgan fingerprint density at radius 3 is 2.55 bits per heavy atom. The van der Waals surface area contributed by atoms with Crippen LogP contribution in [0.3, 0.4) is 0 Å². The normalized spacial score (nSPS) is 20.9. The number of benzene rings is 1. The van der Waals surface area contributed by atoms with E-state index < -0.39 is 0 Å². The largest absolute Gasteiger partial charge is 0.371 e. The number of rotatable bonds is 4. The third kappa shape index (κ3) is 4.45. The molecule has 9 heteroatoms. The third-order valence-corrected chi connectivity index (χ3v) is 11.1. The number of anilines is 1. The van der Waals surface area contributed by atoms with Crippen LogP contribution in [0.5, 0.6) is 0 Å². The Labute approximate surface area is 261 Å². The summed E-state index contributed by atoms with van der Waals surface area (Å²) in [5.74, 6) is 0.202. The first-order chi connectivity index (χ1) is 21.4. The average molecular weight is 609 g/mol. The molecule has 226 valence electrons. The maximum atomic E-state index is 13.8. The minimum Gasteiger partial charge on any atom is -0.371 e. The smallest absolute Gasteiger partial charge is 0.257 e. The fourth-order valence-electron chi connectivity index (χ4n) is 8.05. The van der Waals surface area contributed by atoms with Gasteiger partial charge in [0, 0.05) is 68.2 Å². The molecule has 2 fully saturated rings. The van der Waals surface area contributed by atoms with Crippen molar-refractivity contribution in [2.45, 2.75) is 51.2 Å². The number of fused-ring (bicyclic) bond motifs is 4. The number of carbonyl (C=O) groups is 2. The molecule has 8 nitrogen and oxygen atoms in total. The number of likely N-dealkylation sites (tertiary alicyclic amines) is 1. The third-order valence-electron chi connectivity index (χ3n) is 10.8. The van der Waals surface area contributed by atoms with Gasteiger partial charge >= 0.3 is 0 Å². The molecule has 1 atom stereocenters. The Bertz CT molecular complexity index is 1890. The summed E-state index contributed by atoms with van der Waals surface area (Å²) in [6.45, 7) is 4.66. The molecule has 3 aromatic heterocycles. The van der Waals surface area contributed by atoms with E-state index in [1.165, 1.54) is 18.5 Å². The fourth-order valence-corrected chi connectivity index (χ4v) is 8.31. The molecule has 3 aliphatic heterocycles. The quantitative estimate of drug-likeness (QED) is 0.352. The summed E-state index contributed by atoms with van der Waals surface area (Å²) in [5.41, 5.74) is 4.32. The number of amides is 2. The van der Waals surface area contributed by atoms with Crippen LogP contribution in [0.4, 0.5) is 5.69 Å². The van der Waals surface area contributed by atoms with Crippen LogP contribution in [0.2, 0.25) is 5.02 Å². The van der Waals surface area contributed by atoms with Gasteiger partial charge in [0.15, 0.2) is 0 Å². The Morgan fingerprint density at radius 1 is 1.02 bits per heavy atom. The van der Waals surface area contributed by atoms with Crippen LogP contribution >= 0.6 is 11.6 Å². The number of carbonyl (C=O) groups excluding carboxylic acids is 2. The highest BCUT2D eigenvalue weighted by atomic mass is 35.5. The van der Waals surface area contributed by atoms with E-state index in [4.69, 9.17) is 11.6 Å². The first kappa shape index (κ1) is 27.5. The van der Waals surface area contributed by atoms with Crippen LogP contribution in [0, 0.1) is 5.41 Å². The minimum absolute atomic E-state index is 0.0276. The molecule has 0 saturated carbocycles. The van der Waals surface area contributed by atoms with Crippen LogP contribution in [0.25, 0.3) is 23.1 Å². The van der Waals surface area contributed by atoms with Crippen LogP contribution in [0.1, 0.15) is 48.2 Å². The summed E-state index contributed by atoms with van der Waals surface area (Å²) in [6.07, 6.45) is 15.4. The zero-order chi connectivity index (χ0) is 30.0. The van der Waals surface area contributed by atoms with Gasteiger partial charge in [-0.15, -0.1) is 0 Å². The van der Waals surface area contributed by atoms with Gasteiger partial charge in [0.25, 0.3) is 5.91 Å². The molecular formula is C35H37ClN6O2. The fraction of sp³-hybridized carbons (Fsp3) is 0.400. The lowest BCUT2D eigenvalue weighted by molar-refractivity contribution is -0.134. The van der Waals surface area contributed by atoms with Gasteiger partial charge in [-0.05, 0) is 79.1 Å². The maximum Gasteiger partial charge on any atom is 0.257 e. The van der Waals surface area contributed by atoms with E-state index >= 15 is 0 Å². The molecule has 6 heterocycles. The van der Waals surface area contributed by atoms with E-state index in [-0.39, 0.29) is 17.9 Å². The Morgan fingerprint density at radius 2 is 1.77 bits per heavy atom. The molecule has 4 aromatic rings. The van der Waals surface area contributed by atoms with Crippen molar-refractivity contribution >= 4 is 52.2 Å². The molecule has 2 amide bonds. The summed E-state index contributed by atoms with van der Waals surface area (Å²) >= 11 is 6.57. The van der Waals surface area contributed by atoms with Gasteiger partial charge < -0.3 is 23.8 Å². The zero-order valence-electron chi connectivity index (χ0n) is 25.1. The Kier molecular flexibility index (Phi) is 6.59. The number of pyridine rings is 1. The first-order valence-electron chi connectivity index (χ1n) is 15.8. The SMILES string of the molecule is Cn1c2c(c3c(Cl)cccc31)C(=O)N(C1C=c3c(ccn3CC(=O)N3CCC4(CC3)CCN(c3ccncc3)CC4)=CC1)C2. The molecule has 44 heavy (non-hydrogen) atoms. The summed E-state index contributed by atoms with van der Waals surface area (Å²) in [7, 11) is 2.01. The van der Waals surface area contributed by atoms with Crippen LogP contribution in [-0.2, 0) is 24.9 Å². The van der Waals surface area contributed by atoms with E-state index in [0.717, 1.165) is 78.2 Å². The van der Waals surface area contributed by atoms with Crippen molar-refractivity contribution < 1.29 is 9.59 Å². The van der Waals surface area contributed by atoms with Crippen molar-refractivity contribution in [1.82, 2.24) is 23.9 Å². The number of aromatic nitrogens is 3. The lowest BCUT2D eigenvalue weighted by Gasteiger charge is -2.47. The van der Waals surface area contributed by atoms with E-state index in [2.05, 4.69) is 54.3 Å². The van der Waals surface area contributed by atoms with Gasteiger partial charge in [-0.25, -0.2) is 0 Å². The van der Waals surface area contributed by atoms with Gasteiger partial charge in [0.05, 0.1) is 34.4 Å². The second-order valence-electron chi connectivity index (χ2n) is 13.0. The molecule has 0 bridgehead atoms. The van der Waals surface area contributed by atoms with E-state index in [1.807, 2.05) is 48.7 Å². The van der Waals surface area contributed by atoms with Crippen molar-refractivity contribution in [2.75, 3.05) is 31.1 Å². The van der Waals surface area contributed by atoms with E-state index in [9.17, 15) is 9.59 Å². The molecular weight excluding hydrogens is 572 g/mol. The molecule has 1 spiro atoms. The lowest BCUT2D eigenvalue weighted by atomic mass is 9.71. The van der Waals surface area contributed by atoms with Gasteiger partial charge in [0.2, 0.25) is 5.91 Å². The molecule has 1 unspecified atom stereocenters. The standard InChI is InChI=1S/C35H37ClN6O2/c1-38-28-4-2-3-27(36)32(28)33-30(38)22-42(34(33)44)26-6-5-24-9-16-41(29(24)21-26)23-31(43)40-19-12-35(13-20-40)10-17-39(18-11-35)25-7-14-37-15-8-25/h2-5,7-9,14-16,21,26H,6,10-13,17-20,22-23H2,1H3. The summed E-state index contributed by atoms with van der Waals surface area (Å²) in [5, 5.41) is 3.61. The van der Waals surface area contributed by atoms with E-state index in [1.54, 1.807) is 0 Å². The maximum absolute atomic E-state index is 13.8. The highest BCUT2D eigenvalue weighted by Crippen LogP contribution is 2.42. The Hall–Kier alpha value is -4.04. The van der Waals surface area contributed by atoms with Gasteiger partial charge in [-0.3, -0.25) is 14.6 Å². The predicted molar refractivity (Wildman–Crippen MR) is 173 cm³/mol. The molecule has 0 radical (unpaired) electrons. The van der Waals surface area contributed by atoms with Crippen molar-refractivity contribution in [3.05, 3.63) is 81.8 Å². The van der Waals surface area contributed by atoms with Crippen molar-refractivity contribution in [1.29, 1.82) is 0 Å². The highest BCUT2D eigenvalue weighted by molar-refractivity contribution is 6.37. The highest BCUT2D eigenvalue weighted by Gasteiger charge is 2.39. The first-order valence-corrected chi connectivity index (χ1v) is 16.2. The molecule has 1 aromatic carbocycles.